The van der Waals surface area contributed by atoms with Crippen LogP contribution in [-0.2, 0) is 14.3 Å². The van der Waals surface area contributed by atoms with Gasteiger partial charge in [-0.05, 0) is 65.1 Å². The van der Waals surface area contributed by atoms with Gasteiger partial charge in [-0.25, -0.2) is 4.79 Å². The van der Waals surface area contributed by atoms with Crippen LogP contribution in [0.2, 0.25) is 6.32 Å². The third kappa shape index (κ3) is 6.82. The molecule has 6 N–H and O–H groups in total. The Morgan fingerprint density at radius 2 is 1.90 bits per heavy atom. The van der Waals surface area contributed by atoms with E-state index in [1.165, 1.54) is 4.90 Å². The van der Waals surface area contributed by atoms with Gasteiger partial charge < -0.3 is 30.9 Å². The van der Waals surface area contributed by atoms with E-state index >= 15 is 0 Å². The molecule has 1 aliphatic heterocycles. The first-order valence-electron chi connectivity index (χ1n) is 11.0. The lowest BCUT2D eigenvalue weighted by atomic mass is 9.66. The molecule has 10 nitrogen and oxygen atoms in total. The van der Waals surface area contributed by atoms with Crippen LogP contribution in [0.4, 0.5) is 4.79 Å². The number of hydrogen-bond donors (Lipinski definition) is 5. The summed E-state index contributed by atoms with van der Waals surface area (Å²) >= 11 is 0. The summed E-state index contributed by atoms with van der Waals surface area (Å²) in [6.45, 7) is 5.83. The Balaban J connectivity index is 1.96. The van der Waals surface area contributed by atoms with Crippen LogP contribution >= 0.6 is 0 Å². The van der Waals surface area contributed by atoms with Crippen LogP contribution in [0.25, 0.3) is 0 Å². The highest BCUT2D eigenvalue weighted by atomic mass is 16.6. The number of nitrogens with two attached hydrogens (primary N) is 1. The Hall–Kier alpha value is -1.85. The molecule has 0 aromatic rings. The molecular formula is C20H36BN3O7. The normalized spacial score (nSPS) is 28.8. The van der Waals surface area contributed by atoms with Crippen molar-refractivity contribution < 1.29 is 34.3 Å². The molecule has 31 heavy (non-hydrogen) atoms. The summed E-state index contributed by atoms with van der Waals surface area (Å²) in [4.78, 5) is 38.6. The first kappa shape index (κ1) is 25.4. The zero-order valence-electron chi connectivity index (χ0n) is 18.7. The van der Waals surface area contributed by atoms with Gasteiger partial charge in [0.15, 0.2) is 0 Å². The number of ether oxygens (including phenoxy) is 1. The second-order valence-corrected chi connectivity index (χ2v) is 9.82. The number of carboxylic acids is 1. The molecule has 1 heterocycles. The minimum Gasteiger partial charge on any atom is -0.480 e. The summed E-state index contributed by atoms with van der Waals surface area (Å²) in [7, 11) is -1.42. The predicted octanol–water partition coefficient (Wildman–Crippen LogP) is 0.563. The van der Waals surface area contributed by atoms with Crippen LogP contribution < -0.4 is 11.1 Å². The lowest BCUT2D eigenvalue weighted by molar-refractivity contribution is -0.148. The number of likely N-dealkylation sites (tertiary alicyclic amines) is 1. The number of nitrogens with zero attached hydrogens (tertiary/aromatic N) is 1. The van der Waals surface area contributed by atoms with Crippen molar-refractivity contribution in [3.05, 3.63) is 0 Å². The summed E-state index contributed by atoms with van der Waals surface area (Å²) in [5.74, 6) is -1.94. The smallest absolute Gasteiger partial charge is 0.451 e. The molecular weight excluding hydrogens is 405 g/mol. The topological polar surface area (TPSA) is 162 Å². The van der Waals surface area contributed by atoms with Crippen molar-refractivity contribution in [3.8, 4) is 0 Å². The zero-order valence-corrected chi connectivity index (χ0v) is 18.7. The van der Waals surface area contributed by atoms with Crippen molar-refractivity contribution in [3.63, 3.8) is 0 Å². The zero-order chi connectivity index (χ0) is 23.4. The van der Waals surface area contributed by atoms with Crippen molar-refractivity contribution in [1.82, 2.24) is 10.2 Å². The molecule has 0 aromatic carbocycles. The maximum Gasteiger partial charge on any atom is 0.451 e. The van der Waals surface area contributed by atoms with Gasteiger partial charge in [0.25, 0.3) is 0 Å². The Kier molecular flexibility index (Phi) is 8.35. The minimum absolute atomic E-state index is 0.0210. The lowest BCUT2D eigenvalue weighted by Crippen LogP contribution is -2.60. The van der Waals surface area contributed by atoms with Crippen LogP contribution in [0.5, 0.6) is 0 Å². The average molecular weight is 441 g/mol. The lowest BCUT2D eigenvalue weighted by Gasteiger charge is -2.41. The minimum atomic E-state index is -1.50. The molecule has 2 amide bonds. The van der Waals surface area contributed by atoms with E-state index in [0.29, 0.717) is 38.6 Å². The highest BCUT2D eigenvalue weighted by molar-refractivity contribution is 6.40. The van der Waals surface area contributed by atoms with Gasteiger partial charge in [-0.15, -0.1) is 0 Å². The van der Waals surface area contributed by atoms with Gasteiger partial charge in [0.1, 0.15) is 17.2 Å². The number of nitrogens with one attached hydrogen (secondary N) is 1. The maximum atomic E-state index is 12.8. The first-order valence-corrected chi connectivity index (χ1v) is 11.0. The van der Waals surface area contributed by atoms with Gasteiger partial charge in [-0.3, -0.25) is 14.5 Å². The SMILES string of the molecule is CC(C)(C)OC(=O)N1CCC[C@H]1C(=O)NC[C@@H]1CC[C@@H](CCB(O)O)C[C@]1(N)C(=O)O. The molecule has 0 aromatic heterocycles. The van der Waals surface area contributed by atoms with Gasteiger partial charge in [-0.2, -0.15) is 0 Å². The fraction of sp³-hybridized carbons (Fsp3) is 0.850. The van der Waals surface area contributed by atoms with E-state index in [0.717, 1.165) is 0 Å². The summed E-state index contributed by atoms with van der Waals surface area (Å²) in [5, 5.41) is 30.7. The number of carboxylic acid groups (broad SMARTS) is 1. The standard InChI is InChI=1S/C20H36BN3O7/c1-19(2,3)31-18(28)24-10-4-5-15(24)16(25)23-12-14-7-6-13(8-9-21(29)30)11-20(14,22)17(26)27/h13-15,29-30H,4-12,22H2,1-3H3,(H,23,25)(H,26,27)/t13-,14-,15-,20+/m0/s1. The largest absolute Gasteiger partial charge is 0.480 e. The van der Waals surface area contributed by atoms with E-state index < -0.39 is 42.3 Å². The molecule has 1 saturated carbocycles. The molecule has 0 unspecified atom stereocenters. The van der Waals surface area contributed by atoms with Crippen LogP contribution in [-0.4, -0.2) is 75.4 Å². The van der Waals surface area contributed by atoms with E-state index in [1.807, 2.05) is 0 Å². The van der Waals surface area contributed by atoms with Crippen molar-refractivity contribution in [1.29, 1.82) is 0 Å². The van der Waals surface area contributed by atoms with Crippen molar-refractivity contribution in [2.75, 3.05) is 13.1 Å². The number of carbonyl (C=O) groups is 3. The fourth-order valence-electron chi connectivity index (χ4n) is 4.54. The quantitative estimate of drug-likeness (QED) is 0.358. The van der Waals surface area contributed by atoms with E-state index in [1.54, 1.807) is 20.8 Å². The molecule has 0 spiro atoms. The monoisotopic (exact) mass is 441 g/mol. The number of amides is 2. The summed E-state index contributed by atoms with van der Waals surface area (Å²) in [5.41, 5.74) is 4.10. The Morgan fingerprint density at radius 3 is 2.48 bits per heavy atom. The van der Waals surface area contributed by atoms with Crippen LogP contribution in [0.15, 0.2) is 0 Å². The number of rotatable bonds is 7. The summed E-state index contributed by atoms with van der Waals surface area (Å²) < 4.78 is 5.39. The summed E-state index contributed by atoms with van der Waals surface area (Å²) in [6, 6.07) is -0.644. The van der Waals surface area contributed by atoms with Gasteiger partial charge >= 0.3 is 19.2 Å². The summed E-state index contributed by atoms with van der Waals surface area (Å²) in [6.07, 6.45) is 2.75. The van der Waals surface area contributed by atoms with E-state index in [-0.39, 0.29) is 31.1 Å². The van der Waals surface area contributed by atoms with Gasteiger partial charge in [-0.1, -0.05) is 6.42 Å². The highest BCUT2D eigenvalue weighted by Crippen LogP contribution is 2.38. The highest BCUT2D eigenvalue weighted by Gasteiger charge is 2.47. The number of carbonyl (C=O) groups excluding carboxylic acids is 2. The number of aliphatic carboxylic acids is 1. The van der Waals surface area contributed by atoms with Gasteiger partial charge in [0.05, 0.1) is 0 Å². The predicted molar refractivity (Wildman–Crippen MR) is 114 cm³/mol. The Bertz CT molecular complexity index is 670. The molecule has 0 bridgehead atoms. The van der Waals surface area contributed by atoms with Crippen molar-refractivity contribution in [2.45, 2.75) is 82.8 Å². The fourth-order valence-corrected chi connectivity index (χ4v) is 4.54. The van der Waals surface area contributed by atoms with Gasteiger partial charge in [0, 0.05) is 19.0 Å². The van der Waals surface area contributed by atoms with E-state index in [9.17, 15) is 19.5 Å². The Labute approximate surface area is 183 Å². The molecule has 2 fully saturated rings. The number of hydrogen-bond acceptors (Lipinski definition) is 7. The molecule has 1 saturated heterocycles. The molecule has 2 aliphatic rings. The van der Waals surface area contributed by atoms with Crippen molar-refractivity contribution >= 4 is 25.1 Å². The third-order valence-corrected chi connectivity index (χ3v) is 6.22. The van der Waals surface area contributed by atoms with E-state index in [2.05, 4.69) is 5.32 Å². The van der Waals surface area contributed by atoms with Crippen LogP contribution in [0.3, 0.4) is 0 Å². The molecule has 1 aliphatic carbocycles. The molecule has 176 valence electrons. The Morgan fingerprint density at radius 1 is 1.23 bits per heavy atom. The molecule has 0 radical (unpaired) electrons. The third-order valence-electron chi connectivity index (χ3n) is 6.22. The maximum absolute atomic E-state index is 12.8. The second-order valence-electron chi connectivity index (χ2n) is 9.82. The first-order chi connectivity index (χ1) is 14.3. The molecule has 2 rings (SSSR count). The molecule has 4 atom stereocenters. The van der Waals surface area contributed by atoms with Crippen LogP contribution in [0.1, 0.15) is 59.3 Å². The van der Waals surface area contributed by atoms with E-state index in [4.69, 9.17) is 20.5 Å². The van der Waals surface area contributed by atoms with Crippen LogP contribution in [0, 0.1) is 11.8 Å². The van der Waals surface area contributed by atoms with Gasteiger partial charge in [0.2, 0.25) is 5.91 Å². The average Bonchev–Trinajstić information content (AvgIpc) is 3.14. The van der Waals surface area contributed by atoms with Crippen molar-refractivity contribution in [2.24, 2.45) is 17.6 Å². The molecule has 11 heteroatoms. The second kappa shape index (κ2) is 10.2.